The fraction of sp³-hybridized carbons (Fsp3) is 0.133. The molecule has 0 fully saturated rings. The molecule has 21 heavy (non-hydrogen) atoms. The predicted molar refractivity (Wildman–Crippen MR) is 76.8 cm³/mol. The van der Waals surface area contributed by atoms with E-state index in [0.717, 1.165) is 6.07 Å². The number of anilines is 1. The molecule has 2 aromatic carbocycles. The van der Waals surface area contributed by atoms with Crippen molar-refractivity contribution in [3.63, 3.8) is 0 Å². The number of hydrogen-bond donors (Lipinski definition) is 1. The zero-order chi connectivity index (χ0) is 14.8. The molecule has 0 aliphatic carbocycles. The van der Waals surface area contributed by atoms with E-state index in [2.05, 4.69) is 5.32 Å². The third-order valence-electron chi connectivity index (χ3n) is 2.98. The van der Waals surface area contributed by atoms with E-state index < -0.39 is 5.82 Å². The molecular formula is C15H11ClFNO3. The molecule has 108 valence electrons. The van der Waals surface area contributed by atoms with Gasteiger partial charge in [-0.05, 0) is 36.4 Å². The van der Waals surface area contributed by atoms with E-state index in [-0.39, 0.29) is 10.9 Å². The Morgan fingerprint density at radius 1 is 1.10 bits per heavy atom. The third-order valence-corrected chi connectivity index (χ3v) is 3.29. The second kappa shape index (κ2) is 5.61. The minimum Gasteiger partial charge on any atom is -0.486 e. The first-order valence-corrected chi connectivity index (χ1v) is 6.67. The highest BCUT2D eigenvalue weighted by atomic mass is 35.5. The number of rotatable bonds is 2. The smallest absolute Gasteiger partial charge is 0.255 e. The summed E-state index contributed by atoms with van der Waals surface area (Å²) >= 11 is 5.60. The maximum atomic E-state index is 13.3. The number of carbonyl (C=O) groups excluding carboxylic acids is 1. The molecule has 0 unspecified atom stereocenters. The van der Waals surface area contributed by atoms with Crippen molar-refractivity contribution in [2.24, 2.45) is 0 Å². The van der Waals surface area contributed by atoms with Crippen molar-refractivity contribution in [1.82, 2.24) is 0 Å². The van der Waals surface area contributed by atoms with Gasteiger partial charge >= 0.3 is 0 Å². The molecule has 0 bridgehead atoms. The first-order chi connectivity index (χ1) is 10.1. The summed E-state index contributed by atoms with van der Waals surface area (Å²) < 4.78 is 24.1. The Morgan fingerprint density at radius 3 is 2.62 bits per heavy atom. The molecule has 0 saturated heterocycles. The standard InChI is InChI=1S/C15H11ClFNO3/c16-11-3-2-10(8-12(11)17)18-15(19)9-1-4-13-14(7-9)21-6-5-20-13/h1-4,7-8H,5-6H2,(H,18,19). The Morgan fingerprint density at radius 2 is 1.86 bits per heavy atom. The van der Waals surface area contributed by atoms with E-state index in [9.17, 15) is 9.18 Å². The summed E-state index contributed by atoms with van der Waals surface area (Å²) in [7, 11) is 0. The Balaban J connectivity index is 1.80. The minimum atomic E-state index is -0.586. The highest BCUT2D eigenvalue weighted by molar-refractivity contribution is 6.30. The third kappa shape index (κ3) is 2.92. The molecule has 0 radical (unpaired) electrons. The van der Waals surface area contributed by atoms with Gasteiger partial charge in [0.25, 0.3) is 5.91 Å². The van der Waals surface area contributed by atoms with Crippen molar-refractivity contribution in [2.75, 3.05) is 18.5 Å². The van der Waals surface area contributed by atoms with Gasteiger partial charge in [-0.2, -0.15) is 0 Å². The molecule has 1 aliphatic heterocycles. The summed E-state index contributed by atoms with van der Waals surface area (Å²) in [4.78, 5) is 12.1. The Kier molecular flexibility index (Phi) is 3.66. The molecule has 1 heterocycles. The fourth-order valence-electron chi connectivity index (χ4n) is 1.96. The quantitative estimate of drug-likeness (QED) is 0.923. The van der Waals surface area contributed by atoms with Crippen LogP contribution in [0.4, 0.5) is 10.1 Å². The van der Waals surface area contributed by atoms with Gasteiger partial charge in [0.15, 0.2) is 11.5 Å². The van der Waals surface area contributed by atoms with Gasteiger partial charge in [-0.1, -0.05) is 11.6 Å². The van der Waals surface area contributed by atoms with E-state index in [1.807, 2.05) is 0 Å². The molecule has 0 atom stereocenters. The summed E-state index contributed by atoms with van der Waals surface area (Å²) in [6.45, 7) is 0.934. The van der Waals surface area contributed by atoms with Crippen LogP contribution in [0, 0.1) is 5.82 Å². The van der Waals surface area contributed by atoms with Crippen LogP contribution in [-0.4, -0.2) is 19.1 Å². The molecule has 4 nitrogen and oxygen atoms in total. The van der Waals surface area contributed by atoms with Crippen molar-refractivity contribution in [3.05, 3.63) is 52.8 Å². The number of carbonyl (C=O) groups is 1. The summed E-state index contributed by atoms with van der Waals surface area (Å²) in [5, 5.41) is 2.61. The Labute approximate surface area is 125 Å². The fourth-order valence-corrected chi connectivity index (χ4v) is 2.08. The Bertz CT molecular complexity index is 705. The second-order valence-electron chi connectivity index (χ2n) is 4.44. The summed E-state index contributed by atoms with van der Waals surface area (Å²) in [6.07, 6.45) is 0. The average Bonchev–Trinajstić information content (AvgIpc) is 2.50. The maximum absolute atomic E-state index is 13.3. The van der Waals surface area contributed by atoms with Crippen molar-refractivity contribution in [1.29, 1.82) is 0 Å². The lowest BCUT2D eigenvalue weighted by Gasteiger charge is -2.18. The monoisotopic (exact) mass is 307 g/mol. The first-order valence-electron chi connectivity index (χ1n) is 6.29. The number of halogens is 2. The van der Waals surface area contributed by atoms with Crippen LogP contribution in [0.1, 0.15) is 10.4 Å². The van der Waals surface area contributed by atoms with E-state index in [1.165, 1.54) is 12.1 Å². The first kappa shape index (κ1) is 13.7. The largest absolute Gasteiger partial charge is 0.486 e. The molecule has 1 amide bonds. The number of amides is 1. The van der Waals surface area contributed by atoms with Crippen LogP contribution in [0.3, 0.4) is 0 Å². The topological polar surface area (TPSA) is 47.6 Å². The van der Waals surface area contributed by atoms with Crippen LogP contribution in [0.15, 0.2) is 36.4 Å². The highest BCUT2D eigenvalue weighted by Gasteiger charge is 2.15. The Hall–Kier alpha value is -2.27. The molecule has 2 aromatic rings. The zero-order valence-corrected chi connectivity index (χ0v) is 11.6. The van der Waals surface area contributed by atoms with E-state index in [0.29, 0.717) is 36.0 Å². The van der Waals surface area contributed by atoms with Crippen LogP contribution < -0.4 is 14.8 Å². The number of ether oxygens (including phenoxy) is 2. The van der Waals surface area contributed by atoms with Crippen LogP contribution in [0.5, 0.6) is 11.5 Å². The van der Waals surface area contributed by atoms with Gasteiger partial charge in [0.2, 0.25) is 0 Å². The summed E-state index contributed by atoms with van der Waals surface area (Å²) in [5.41, 5.74) is 0.728. The number of benzene rings is 2. The van der Waals surface area contributed by atoms with Crippen molar-refractivity contribution in [3.8, 4) is 11.5 Å². The molecule has 1 aliphatic rings. The molecule has 0 aromatic heterocycles. The molecule has 6 heteroatoms. The lowest BCUT2D eigenvalue weighted by molar-refractivity contribution is 0.102. The van der Waals surface area contributed by atoms with E-state index in [1.54, 1.807) is 18.2 Å². The van der Waals surface area contributed by atoms with E-state index >= 15 is 0 Å². The van der Waals surface area contributed by atoms with Gasteiger partial charge < -0.3 is 14.8 Å². The molecule has 1 N–H and O–H groups in total. The van der Waals surface area contributed by atoms with Gasteiger partial charge in [-0.15, -0.1) is 0 Å². The molecular weight excluding hydrogens is 297 g/mol. The number of nitrogens with one attached hydrogen (secondary N) is 1. The molecule has 0 spiro atoms. The van der Waals surface area contributed by atoms with Crippen molar-refractivity contribution in [2.45, 2.75) is 0 Å². The lowest BCUT2D eigenvalue weighted by atomic mass is 10.1. The number of fused-ring (bicyclic) bond motifs is 1. The SMILES string of the molecule is O=C(Nc1ccc(Cl)c(F)c1)c1ccc2c(c1)OCCO2. The summed E-state index contributed by atoms with van der Waals surface area (Å²) in [6, 6.07) is 8.97. The van der Waals surface area contributed by atoms with Crippen molar-refractivity contribution < 1.29 is 18.7 Å². The summed E-state index contributed by atoms with van der Waals surface area (Å²) in [5.74, 6) is 0.178. The normalized spacial score (nSPS) is 12.9. The van der Waals surface area contributed by atoms with Crippen LogP contribution >= 0.6 is 11.6 Å². The predicted octanol–water partition coefficient (Wildman–Crippen LogP) is 3.50. The van der Waals surface area contributed by atoms with Gasteiger partial charge in [0, 0.05) is 11.3 Å². The van der Waals surface area contributed by atoms with Crippen LogP contribution in [0.2, 0.25) is 5.02 Å². The minimum absolute atomic E-state index is 0.00679. The van der Waals surface area contributed by atoms with Gasteiger partial charge in [0.05, 0.1) is 5.02 Å². The zero-order valence-electron chi connectivity index (χ0n) is 10.9. The van der Waals surface area contributed by atoms with Crippen molar-refractivity contribution >= 4 is 23.2 Å². The number of hydrogen-bond acceptors (Lipinski definition) is 3. The van der Waals surface area contributed by atoms with Crippen LogP contribution in [0.25, 0.3) is 0 Å². The second-order valence-corrected chi connectivity index (χ2v) is 4.85. The lowest BCUT2D eigenvalue weighted by Crippen LogP contribution is -2.17. The average molecular weight is 308 g/mol. The van der Waals surface area contributed by atoms with E-state index in [4.69, 9.17) is 21.1 Å². The van der Waals surface area contributed by atoms with Gasteiger partial charge in [-0.25, -0.2) is 4.39 Å². The van der Waals surface area contributed by atoms with Gasteiger partial charge in [0.1, 0.15) is 19.0 Å². The highest BCUT2D eigenvalue weighted by Crippen LogP contribution is 2.31. The van der Waals surface area contributed by atoms with Crippen LogP contribution in [-0.2, 0) is 0 Å². The molecule has 0 saturated carbocycles. The maximum Gasteiger partial charge on any atom is 0.255 e. The van der Waals surface area contributed by atoms with Gasteiger partial charge in [-0.3, -0.25) is 4.79 Å². The molecule has 3 rings (SSSR count).